The van der Waals surface area contributed by atoms with Crippen LogP contribution in [0.25, 0.3) is 0 Å². The van der Waals surface area contributed by atoms with Crippen LogP contribution in [0, 0.1) is 0 Å². The topological polar surface area (TPSA) is 40.6 Å². The van der Waals surface area contributed by atoms with Gasteiger partial charge < -0.3 is 14.0 Å². The van der Waals surface area contributed by atoms with E-state index in [1.54, 1.807) is 27.7 Å². The van der Waals surface area contributed by atoms with Crippen LogP contribution < -0.4 is 10.2 Å². The zero-order valence-electron chi connectivity index (χ0n) is 18.7. The van der Waals surface area contributed by atoms with Gasteiger partial charge in [0.2, 0.25) is 5.88 Å². The Morgan fingerprint density at radius 1 is 1.39 bits per heavy atom. The zero-order chi connectivity index (χ0) is 20.3. The lowest BCUT2D eigenvalue weighted by Gasteiger charge is -2.32. The molecule has 0 amide bonds. The van der Waals surface area contributed by atoms with Crippen LogP contribution >= 0.6 is 0 Å². The van der Waals surface area contributed by atoms with Gasteiger partial charge in [0, 0.05) is 15.7 Å². The van der Waals surface area contributed by atoms with Gasteiger partial charge in [0.15, 0.2) is 0 Å². The average Bonchev–Trinajstić information content (AvgIpc) is 2.62. The van der Waals surface area contributed by atoms with Crippen LogP contribution in [0.4, 0.5) is 0 Å². The second-order valence-electron chi connectivity index (χ2n) is 4.98. The number of hydrogen-bond acceptors (Lipinski definition) is 4. The van der Waals surface area contributed by atoms with Crippen LogP contribution in [0.5, 0.6) is 5.88 Å². The molecule has 1 aliphatic rings. The molecule has 98 valence electrons. The van der Waals surface area contributed by atoms with E-state index < -0.39 is 55.9 Å². The minimum atomic E-state index is -3.13. The Kier molecular flexibility index (Phi) is 1.62. The van der Waals surface area contributed by atoms with E-state index in [1.807, 2.05) is 0 Å². The molecule has 0 radical (unpaired) electrons. The fraction of sp³-hybridized carbons (Fsp3) is 0.615. The Morgan fingerprint density at radius 3 is 2.67 bits per heavy atom. The highest BCUT2D eigenvalue weighted by atomic mass is 16.7. The Bertz CT molecular complexity index is 706. The molecule has 1 aromatic rings. The van der Waals surface area contributed by atoms with E-state index >= 15 is 0 Å². The number of rotatable bonds is 3. The van der Waals surface area contributed by atoms with Gasteiger partial charge in [-0.15, -0.1) is 0 Å². The molecule has 1 fully saturated rings. The number of aromatic nitrogens is 1. The average molecular weight is 257 g/mol. The molecule has 0 unspecified atom stereocenters. The van der Waals surface area contributed by atoms with Gasteiger partial charge >= 0.3 is 7.12 Å². The lowest BCUT2D eigenvalue weighted by Crippen LogP contribution is -2.41. The molecule has 0 spiro atoms. The maximum absolute atomic E-state index is 8.11. The quantitative estimate of drug-likeness (QED) is 0.774. The van der Waals surface area contributed by atoms with E-state index in [4.69, 9.17) is 25.0 Å². The molecule has 1 aromatic heterocycles. The van der Waals surface area contributed by atoms with Crippen molar-refractivity contribution in [3.63, 3.8) is 0 Å². The second kappa shape index (κ2) is 4.55. The minimum absolute atomic E-state index is 0.101. The first-order valence-corrected chi connectivity index (χ1v) is 5.52. The Labute approximate surface area is 120 Å². The van der Waals surface area contributed by atoms with E-state index in [0.29, 0.717) is 0 Å². The van der Waals surface area contributed by atoms with Crippen molar-refractivity contribution in [1.29, 1.82) is 0 Å². The summed E-state index contributed by atoms with van der Waals surface area (Å²) in [6, 6.07) is -1.15. The van der Waals surface area contributed by atoms with E-state index in [9.17, 15) is 0 Å². The Balaban J connectivity index is 2.44. The highest BCUT2D eigenvalue weighted by Crippen LogP contribution is 2.36. The molecule has 0 aromatic carbocycles. The van der Waals surface area contributed by atoms with Crippen LogP contribution in [0.15, 0.2) is 18.3 Å². The predicted molar refractivity (Wildman–Crippen MR) is 71.1 cm³/mol. The molecule has 0 bridgehead atoms. The molecule has 0 N–H and O–H groups in total. The molecule has 0 atom stereocenters. The molecular formula is C13H20BNO3. The summed E-state index contributed by atoms with van der Waals surface area (Å²) in [5.74, 6) is -0.749. The van der Waals surface area contributed by atoms with Gasteiger partial charge in [0.05, 0.1) is 24.6 Å². The zero-order valence-corrected chi connectivity index (χ0v) is 10.7. The smallest absolute Gasteiger partial charge is 0.478 e. The number of pyridine rings is 1. The Morgan fingerprint density at radius 2 is 2.06 bits per heavy atom. The van der Waals surface area contributed by atoms with Crippen molar-refractivity contribution in [3.8, 4) is 5.88 Å². The van der Waals surface area contributed by atoms with E-state index in [-0.39, 0.29) is 5.46 Å². The summed E-state index contributed by atoms with van der Waals surface area (Å²) in [5, 5.41) is 0. The molecule has 1 aliphatic heterocycles. The summed E-state index contributed by atoms with van der Waals surface area (Å²) in [6.07, 6.45) is -0.513. The third-order valence-corrected chi connectivity index (χ3v) is 3.22. The molecule has 0 aliphatic carbocycles. The lowest BCUT2D eigenvalue weighted by molar-refractivity contribution is 0.00578. The SMILES string of the molecule is [2H]c1nc(OC([2H])([2H])C([2H])([2H])[2H])c([2H])c([2H])c1B1OC(C)(C)C(C)(C)O1. The number of hydrogen-bond donors (Lipinski definition) is 0. The van der Waals surface area contributed by atoms with E-state index in [2.05, 4.69) is 4.98 Å². The first-order chi connectivity index (χ1) is 11.5. The first-order valence-electron chi connectivity index (χ1n) is 9.52. The van der Waals surface area contributed by atoms with Crippen molar-refractivity contribution < 1.29 is 25.0 Å². The maximum Gasteiger partial charge on any atom is 0.496 e. The highest BCUT2D eigenvalue weighted by Gasteiger charge is 2.51. The molecule has 4 nitrogen and oxygen atoms in total. The summed E-state index contributed by atoms with van der Waals surface area (Å²) in [7, 11) is -1.11. The second-order valence-corrected chi connectivity index (χ2v) is 4.98. The van der Waals surface area contributed by atoms with Crippen molar-refractivity contribution in [1.82, 2.24) is 4.98 Å². The summed E-state index contributed by atoms with van der Waals surface area (Å²) < 4.78 is 76.7. The van der Waals surface area contributed by atoms with Gasteiger partial charge in [0.25, 0.3) is 0 Å². The van der Waals surface area contributed by atoms with E-state index in [0.717, 1.165) is 0 Å². The fourth-order valence-electron chi connectivity index (χ4n) is 1.46. The molecule has 0 saturated carbocycles. The Hall–Kier alpha value is -1.07. The van der Waals surface area contributed by atoms with Gasteiger partial charge in [0.1, 0.15) is 0 Å². The molecule has 2 heterocycles. The van der Waals surface area contributed by atoms with Crippen LogP contribution in [-0.4, -0.2) is 29.9 Å². The molecular weight excluding hydrogens is 229 g/mol. The van der Waals surface area contributed by atoms with Gasteiger partial charge in [-0.25, -0.2) is 4.98 Å². The number of ether oxygens (including phenoxy) is 1. The van der Waals surface area contributed by atoms with Crippen LogP contribution in [0.3, 0.4) is 0 Å². The van der Waals surface area contributed by atoms with Gasteiger partial charge in [-0.05, 0) is 40.6 Å². The molecule has 5 heteroatoms. The third kappa shape index (κ3) is 2.38. The third-order valence-electron chi connectivity index (χ3n) is 3.22. The highest BCUT2D eigenvalue weighted by molar-refractivity contribution is 6.62. The fourth-order valence-corrected chi connectivity index (χ4v) is 1.46. The normalized spacial score (nSPS) is 29.0. The van der Waals surface area contributed by atoms with Crippen molar-refractivity contribution >= 4 is 12.6 Å². The van der Waals surface area contributed by atoms with Crippen molar-refractivity contribution in [2.24, 2.45) is 0 Å². The van der Waals surface area contributed by atoms with Crippen molar-refractivity contribution in [2.75, 3.05) is 6.56 Å². The predicted octanol–water partition coefficient (Wildman–Crippen LogP) is 1.78. The summed E-state index contributed by atoms with van der Waals surface area (Å²) in [6.45, 7) is 0.904. The first kappa shape index (κ1) is 6.39. The largest absolute Gasteiger partial charge is 0.496 e. The molecule has 18 heavy (non-hydrogen) atoms. The van der Waals surface area contributed by atoms with Gasteiger partial charge in [-0.3, -0.25) is 0 Å². The van der Waals surface area contributed by atoms with E-state index in [1.165, 1.54) is 0 Å². The summed E-state index contributed by atoms with van der Waals surface area (Å²) in [4.78, 5) is 3.66. The number of nitrogens with zero attached hydrogens (tertiary/aromatic N) is 1. The molecule has 2 rings (SSSR count). The monoisotopic (exact) mass is 257 g/mol. The van der Waals surface area contributed by atoms with Gasteiger partial charge in [-0.2, -0.15) is 0 Å². The van der Waals surface area contributed by atoms with Gasteiger partial charge in [-0.1, -0.05) is 6.04 Å². The minimum Gasteiger partial charge on any atom is -0.478 e. The standard InChI is InChI=1S/C13H20BNO3/c1-6-16-11-8-7-10(9-15-11)14-17-12(2,3)13(4,5)18-14/h7-9H,6H2,1-5H3/i1D3,6D2,7D,8D,9D. The molecule has 1 saturated heterocycles. The lowest BCUT2D eigenvalue weighted by atomic mass is 9.80. The van der Waals surface area contributed by atoms with Crippen molar-refractivity contribution in [3.05, 3.63) is 18.3 Å². The van der Waals surface area contributed by atoms with Crippen LogP contribution in [0.2, 0.25) is 0 Å². The van der Waals surface area contributed by atoms with Crippen LogP contribution in [-0.2, 0) is 9.31 Å². The summed E-state index contributed by atoms with van der Waals surface area (Å²) in [5.41, 5.74) is -1.56. The van der Waals surface area contributed by atoms with Crippen LogP contribution in [0.1, 0.15) is 45.5 Å². The summed E-state index contributed by atoms with van der Waals surface area (Å²) >= 11 is 0. The maximum atomic E-state index is 8.11. The van der Waals surface area contributed by atoms with Crippen molar-refractivity contribution in [2.45, 2.75) is 45.7 Å².